The molecule has 1 aliphatic rings. The van der Waals surface area contributed by atoms with E-state index >= 15 is 0 Å². The minimum absolute atomic E-state index is 0.0457. The lowest BCUT2D eigenvalue weighted by Gasteiger charge is -2.35. The summed E-state index contributed by atoms with van der Waals surface area (Å²) < 4.78 is 28.3. The van der Waals surface area contributed by atoms with Gasteiger partial charge in [0.05, 0.1) is 11.5 Å². The molecule has 1 heterocycles. The summed E-state index contributed by atoms with van der Waals surface area (Å²) in [5.74, 6) is 0.272. The van der Waals surface area contributed by atoms with Crippen LogP contribution in [-0.2, 0) is 16.6 Å². The third kappa shape index (κ3) is 4.04. The Bertz CT molecular complexity index is 606. The molecule has 118 valence electrons. The molecule has 0 aromatic heterocycles. The Kier molecular flexibility index (Phi) is 5.43. The summed E-state index contributed by atoms with van der Waals surface area (Å²) in [7, 11) is -1.52. The summed E-state index contributed by atoms with van der Waals surface area (Å²) in [4.78, 5) is 2.42. The molecule has 1 aromatic rings. The smallest absolute Gasteiger partial charge is 0.241 e. The highest BCUT2D eigenvalue weighted by Crippen LogP contribution is 2.25. The van der Waals surface area contributed by atoms with Crippen molar-refractivity contribution in [3.63, 3.8) is 0 Å². The van der Waals surface area contributed by atoms with E-state index in [4.69, 9.17) is 5.11 Å². The van der Waals surface area contributed by atoms with E-state index in [1.165, 1.54) is 6.07 Å². The van der Waals surface area contributed by atoms with Gasteiger partial charge in [-0.3, -0.25) is 0 Å². The molecular formula is C14H21BrN2O3S. The maximum absolute atomic E-state index is 12.5. The zero-order valence-electron chi connectivity index (χ0n) is 12.2. The fourth-order valence-electron chi connectivity index (χ4n) is 2.65. The van der Waals surface area contributed by atoms with E-state index in [9.17, 15) is 8.42 Å². The van der Waals surface area contributed by atoms with Crippen molar-refractivity contribution in [2.75, 3.05) is 20.1 Å². The van der Waals surface area contributed by atoms with Gasteiger partial charge in [0.25, 0.3) is 0 Å². The summed E-state index contributed by atoms with van der Waals surface area (Å²) in [6.07, 6.45) is 0.809. The van der Waals surface area contributed by atoms with Crippen molar-refractivity contribution in [1.29, 1.82) is 0 Å². The second-order valence-electron chi connectivity index (χ2n) is 5.68. The first-order chi connectivity index (χ1) is 9.83. The number of sulfonamides is 1. The predicted molar refractivity (Wildman–Crippen MR) is 85.5 cm³/mol. The molecule has 1 aromatic carbocycles. The second-order valence-corrected chi connectivity index (χ2v) is 8.22. The number of piperidine rings is 1. The van der Waals surface area contributed by atoms with E-state index in [-0.39, 0.29) is 23.5 Å². The molecule has 2 unspecified atom stereocenters. The van der Waals surface area contributed by atoms with E-state index in [0.29, 0.717) is 10.0 Å². The van der Waals surface area contributed by atoms with Gasteiger partial charge >= 0.3 is 0 Å². The van der Waals surface area contributed by atoms with Crippen molar-refractivity contribution >= 4 is 26.0 Å². The van der Waals surface area contributed by atoms with Gasteiger partial charge in [0.15, 0.2) is 0 Å². The SMILES string of the molecule is CC1CN(C)CCC1NS(=O)(=O)c1ccc(CO)cc1Br. The lowest BCUT2D eigenvalue weighted by molar-refractivity contribution is 0.188. The van der Waals surface area contributed by atoms with E-state index < -0.39 is 10.0 Å². The van der Waals surface area contributed by atoms with Crippen LogP contribution in [0.3, 0.4) is 0 Å². The van der Waals surface area contributed by atoms with Gasteiger partial charge in [-0.2, -0.15) is 0 Å². The van der Waals surface area contributed by atoms with Crippen molar-refractivity contribution in [2.45, 2.75) is 30.9 Å². The summed E-state index contributed by atoms with van der Waals surface area (Å²) >= 11 is 3.27. The van der Waals surface area contributed by atoms with Crippen LogP contribution in [0.2, 0.25) is 0 Å². The number of rotatable bonds is 4. The van der Waals surface area contributed by atoms with Crippen molar-refractivity contribution in [3.05, 3.63) is 28.2 Å². The van der Waals surface area contributed by atoms with Gasteiger partial charge < -0.3 is 10.0 Å². The number of halogens is 1. The van der Waals surface area contributed by atoms with Crippen LogP contribution in [0, 0.1) is 5.92 Å². The fourth-order valence-corrected chi connectivity index (χ4v) is 5.16. The van der Waals surface area contributed by atoms with E-state index in [2.05, 4.69) is 32.5 Å². The molecule has 1 fully saturated rings. The maximum Gasteiger partial charge on any atom is 0.241 e. The third-order valence-electron chi connectivity index (χ3n) is 3.88. The number of hydrogen-bond acceptors (Lipinski definition) is 4. The molecule has 2 N–H and O–H groups in total. The summed E-state index contributed by atoms with van der Waals surface area (Å²) in [6.45, 7) is 3.73. The molecule has 0 amide bonds. The number of nitrogens with one attached hydrogen (secondary N) is 1. The summed E-state index contributed by atoms with van der Waals surface area (Å²) in [5, 5.41) is 9.09. The lowest BCUT2D eigenvalue weighted by atomic mass is 9.95. The molecule has 0 bridgehead atoms. The van der Waals surface area contributed by atoms with Crippen LogP contribution in [-0.4, -0.2) is 44.6 Å². The Hall–Kier alpha value is -0.470. The normalized spacial score (nSPS) is 24.2. The fraction of sp³-hybridized carbons (Fsp3) is 0.571. The van der Waals surface area contributed by atoms with Gasteiger partial charge in [-0.25, -0.2) is 13.1 Å². The van der Waals surface area contributed by atoms with Crippen molar-refractivity contribution < 1.29 is 13.5 Å². The highest BCUT2D eigenvalue weighted by Gasteiger charge is 2.29. The molecule has 1 saturated heterocycles. The quantitative estimate of drug-likeness (QED) is 0.836. The van der Waals surface area contributed by atoms with Gasteiger partial charge in [0.1, 0.15) is 0 Å². The molecule has 21 heavy (non-hydrogen) atoms. The average molecular weight is 377 g/mol. The van der Waals surface area contributed by atoms with Crippen molar-refractivity contribution in [1.82, 2.24) is 9.62 Å². The Morgan fingerprint density at radius 2 is 2.19 bits per heavy atom. The van der Waals surface area contributed by atoms with E-state index in [0.717, 1.165) is 19.5 Å². The van der Waals surface area contributed by atoms with Crippen molar-refractivity contribution in [2.24, 2.45) is 5.92 Å². The van der Waals surface area contributed by atoms with Crippen LogP contribution in [0.4, 0.5) is 0 Å². The van der Waals surface area contributed by atoms with Crippen LogP contribution in [0.25, 0.3) is 0 Å². The third-order valence-corrected chi connectivity index (χ3v) is 6.35. The minimum atomic E-state index is -3.56. The molecule has 7 heteroatoms. The monoisotopic (exact) mass is 376 g/mol. The predicted octanol–water partition coefficient (Wildman–Crippen LogP) is 1.56. The van der Waals surface area contributed by atoms with Gasteiger partial charge in [-0.1, -0.05) is 13.0 Å². The standard InChI is InChI=1S/C14H21BrN2O3S/c1-10-8-17(2)6-5-13(10)16-21(19,20)14-4-3-11(9-18)7-12(14)15/h3-4,7,10,13,16,18H,5-6,8-9H2,1-2H3. The molecule has 2 rings (SSSR count). The van der Waals surface area contributed by atoms with E-state index in [1.807, 2.05) is 7.05 Å². The topological polar surface area (TPSA) is 69.6 Å². The average Bonchev–Trinajstić information content (AvgIpc) is 2.41. The van der Waals surface area contributed by atoms with Gasteiger partial charge in [0, 0.05) is 17.1 Å². The Morgan fingerprint density at radius 1 is 1.48 bits per heavy atom. The zero-order valence-corrected chi connectivity index (χ0v) is 14.6. The number of nitrogens with zero attached hydrogens (tertiary/aromatic N) is 1. The van der Waals surface area contributed by atoms with Crippen LogP contribution in [0.15, 0.2) is 27.6 Å². The number of benzene rings is 1. The van der Waals surface area contributed by atoms with Gasteiger partial charge in [-0.15, -0.1) is 0 Å². The highest BCUT2D eigenvalue weighted by atomic mass is 79.9. The second kappa shape index (κ2) is 6.75. The van der Waals surface area contributed by atoms with Crippen molar-refractivity contribution in [3.8, 4) is 0 Å². The van der Waals surface area contributed by atoms with Gasteiger partial charge in [0.2, 0.25) is 10.0 Å². The zero-order chi connectivity index (χ0) is 15.6. The number of aliphatic hydroxyl groups excluding tert-OH is 1. The van der Waals surface area contributed by atoms with E-state index in [1.54, 1.807) is 12.1 Å². The molecule has 0 aliphatic carbocycles. The van der Waals surface area contributed by atoms with Crippen LogP contribution < -0.4 is 4.72 Å². The first-order valence-corrected chi connectivity index (χ1v) is 9.21. The Morgan fingerprint density at radius 3 is 2.76 bits per heavy atom. The molecule has 0 radical (unpaired) electrons. The molecule has 0 spiro atoms. The first kappa shape index (κ1) is 16.9. The molecule has 5 nitrogen and oxygen atoms in total. The van der Waals surface area contributed by atoms with Crippen LogP contribution >= 0.6 is 15.9 Å². The van der Waals surface area contributed by atoms with Gasteiger partial charge in [-0.05, 0) is 59.6 Å². The first-order valence-electron chi connectivity index (χ1n) is 6.93. The largest absolute Gasteiger partial charge is 0.392 e. The summed E-state index contributed by atoms with van der Waals surface area (Å²) in [5.41, 5.74) is 0.675. The molecule has 1 aliphatic heterocycles. The van der Waals surface area contributed by atoms with Crippen LogP contribution in [0.5, 0.6) is 0 Å². The van der Waals surface area contributed by atoms with Crippen LogP contribution in [0.1, 0.15) is 18.9 Å². The highest BCUT2D eigenvalue weighted by molar-refractivity contribution is 9.10. The number of hydrogen-bond donors (Lipinski definition) is 2. The minimum Gasteiger partial charge on any atom is -0.392 e. The number of likely N-dealkylation sites (tertiary alicyclic amines) is 1. The molecule has 2 atom stereocenters. The Balaban J connectivity index is 2.19. The summed E-state index contributed by atoms with van der Waals surface area (Å²) in [6, 6.07) is 4.73. The molecular weight excluding hydrogens is 356 g/mol. The lowest BCUT2D eigenvalue weighted by Crippen LogP contribution is -2.48. The molecule has 0 saturated carbocycles. The number of aliphatic hydroxyl groups is 1. The Labute approximate surface area is 134 Å². The maximum atomic E-state index is 12.5.